The van der Waals surface area contributed by atoms with Gasteiger partial charge >= 0.3 is 10.2 Å². The fraction of sp³-hybridized carbons (Fsp3) is 0.321. The van der Waals surface area contributed by atoms with Crippen LogP contribution in [0.4, 0.5) is 34.1 Å². The zero-order chi connectivity index (χ0) is 73.0. The zero-order valence-electron chi connectivity index (χ0n) is 60.7. The van der Waals surface area contributed by atoms with Crippen molar-refractivity contribution in [1.82, 2.24) is 68.3 Å². The van der Waals surface area contributed by atoms with E-state index < -0.39 is 10.2 Å². The van der Waals surface area contributed by atoms with Crippen molar-refractivity contribution in [2.75, 3.05) is 98.1 Å². The number of fused-ring (bicyclic) bond motifs is 3. The highest BCUT2D eigenvalue weighted by Crippen LogP contribution is 2.45. The smallest absolute Gasteiger partial charge is 0.322 e. The average molecular weight is 1420 g/mol. The highest BCUT2D eigenvalue weighted by Gasteiger charge is 2.31. The highest BCUT2D eigenvalue weighted by atomic mass is 32.2. The summed E-state index contributed by atoms with van der Waals surface area (Å²) in [6.45, 7) is 11.0. The molecule has 6 heterocycles. The molecule has 0 atom stereocenters. The molecule has 6 aromatic heterocycles. The van der Waals surface area contributed by atoms with Gasteiger partial charge in [0.25, 0.3) is 0 Å². The fourth-order valence-corrected chi connectivity index (χ4v) is 12.9. The number of likely N-dealkylation sites (N-methyl/N-ethyl adjacent to an activating group) is 1. The summed E-state index contributed by atoms with van der Waals surface area (Å²) in [5.41, 5.74) is 15.9. The van der Waals surface area contributed by atoms with Crippen molar-refractivity contribution in [2.24, 2.45) is 24.8 Å². The molecular formula is C78H87N17O8S. The van der Waals surface area contributed by atoms with E-state index in [1.54, 1.807) is 72.1 Å². The van der Waals surface area contributed by atoms with Crippen LogP contribution in [0.3, 0.4) is 0 Å². The topological polar surface area (TPSA) is 245 Å². The van der Waals surface area contributed by atoms with E-state index >= 15 is 0 Å². The predicted octanol–water partition coefficient (Wildman–Crippen LogP) is 13.8. The number of nitrogens with zero attached hydrogens (tertiary/aromatic N) is 16. The van der Waals surface area contributed by atoms with Gasteiger partial charge in [-0.05, 0) is 137 Å². The summed E-state index contributed by atoms with van der Waals surface area (Å²) in [4.78, 5) is 35.4. The van der Waals surface area contributed by atoms with Crippen molar-refractivity contribution in [3.05, 3.63) is 177 Å². The molecule has 15 rings (SSSR count). The molecule has 26 heteroatoms. The first-order chi connectivity index (χ1) is 50.2. The number of methoxy groups -OCH3 is 6. The van der Waals surface area contributed by atoms with Gasteiger partial charge in [-0.1, -0.05) is 12.6 Å². The molecule has 3 aliphatic carbocycles. The molecule has 3 fully saturated rings. The van der Waals surface area contributed by atoms with Crippen molar-refractivity contribution >= 4 is 77.4 Å². The second kappa shape index (κ2) is 30.3. The number of para-hydroxylation sites is 1. The first-order valence-electron chi connectivity index (χ1n) is 34.5. The minimum absolute atomic E-state index is 0.383. The Hall–Kier alpha value is -11.4. The number of hydrogen-bond acceptors (Lipinski definition) is 21. The van der Waals surface area contributed by atoms with Gasteiger partial charge in [0.15, 0.2) is 11.5 Å². The summed E-state index contributed by atoms with van der Waals surface area (Å²) in [7, 11) is 13.0. The molecule has 0 amide bonds. The van der Waals surface area contributed by atoms with Crippen LogP contribution in [0.2, 0.25) is 0 Å². The minimum Gasteiger partial charge on any atom is -0.497 e. The maximum atomic E-state index is 12.4. The molecule has 1 N–H and O–H groups in total. The normalized spacial score (nSPS) is 13.5. The van der Waals surface area contributed by atoms with Gasteiger partial charge < -0.3 is 48.4 Å². The Bertz CT molecular complexity index is 5160. The summed E-state index contributed by atoms with van der Waals surface area (Å²) >= 11 is 0. The van der Waals surface area contributed by atoms with E-state index in [2.05, 4.69) is 96.0 Å². The summed E-state index contributed by atoms with van der Waals surface area (Å²) in [6.07, 6.45) is 23.1. The summed E-state index contributed by atoms with van der Waals surface area (Å²) in [5, 5.41) is 16.0. The van der Waals surface area contributed by atoms with Gasteiger partial charge in [-0.15, -0.1) is 0 Å². The first-order valence-corrected chi connectivity index (χ1v) is 35.9. The van der Waals surface area contributed by atoms with Crippen LogP contribution in [0.1, 0.15) is 52.4 Å². The number of anilines is 6. The van der Waals surface area contributed by atoms with Crippen molar-refractivity contribution in [1.29, 1.82) is 0 Å². The van der Waals surface area contributed by atoms with Crippen molar-refractivity contribution in [3.8, 4) is 68.3 Å². The SMILES string of the molecule is C=C(NC)C(C)(C)n1cc(-c2cnc3ccc(N(CC4CC4)c4cc(OC)cc(OC)c4)cc3n2)cn1.COc1cc(OC)cc(N(CC2CC2)c2ccc3ncc(-c4cnn(S(=O)(=O)N(C)C)c4)nc3c2)c1.COc1cccc(N(CC2CC2)c2ccc3ncc(-c4cnn(C)c4)nc3c2)c1OC. The molecule has 3 aliphatic rings. The Balaban J connectivity index is 0.000000139. The third kappa shape index (κ3) is 15.8. The van der Waals surface area contributed by atoms with E-state index in [0.29, 0.717) is 34.5 Å². The molecule has 0 spiro atoms. The Morgan fingerprint density at radius 2 is 0.923 bits per heavy atom. The molecule has 0 aliphatic heterocycles. The number of rotatable bonds is 26. The van der Waals surface area contributed by atoms with Gasteiger partial charge in [0.1, 0.15) is 23.0 Å². The largest absolute Gasteiger partial charge is 0.497 e. The lowest BCUT2D eigenvalue weighted by atomic mass is 10.0. The zero-order valence-corrected chi connectivity index (χ0v) is 61.5. The monoisotopic (exact) mass is 1420 g/mol. The molecule has 0 unspecified atom stereocenters. The van der Waals surface area contributed by atoms with E-state index in [9.17, 15) is 8.42 Å². The third-order valence-corrected chi connectivity index (χ3v) is 20.5. The molecule has 6 aromatic carbocycles. The minimum atomic E-state index is -3.71. The van der Waals surface area contributed by atoms with E-state index in [1.807, 2.05) is 116 Å². The van der Waals surface area contributed by atoms with Crippen LogP contribution in [0, 0.1) is 17.8 Å². The molecule has 0 bridgehead atoms. The highest BCUT2D eigenvalue weighted by molar-refractivity contribution is 7.87. The maximum Gasteiger partial charge on any atom is 0.322 e. The number of benzene rings is 6. The van der Waals surface area contributed by atoms with Crippen LogP contribution < -0.4 is 48.4 Å². The van der Waals surface area contributed by atoms with Crippen LogP contribution in [0.5, 0.6) is 34.5 Å². The second-order valence-electron chi connectivity index (χ2n) is 26.9. The van der Waals surface area contributed by atoms with Crippen LogP contribution >= 0.6 is 0 Å². The Labute approximate surface area is 605 Å². The van der Waals surface area contributed by atoms with Crippen LogP contribution in [-0.2, 0) is 22.8 Å². The van der Waals surface area contributed by atoms with Crippen molar-refractivity contribution < 1.29 is 36.8 Å². The van der Waals surface area contributed by atoms with Crippen molar-refractivity contribution in [2.45, 2.75) is 57.9 Å². The third-order valence-electron chi connectivity index (χ3n) is 18.9. The summed E-state index contributed by atoms with van der Waals surface area (Å²) < 4.78 is 63.8. The number of nitrogens with one attached hydrogen (secondary N) is 1. The van der Waals surface area contributed by atoms with Gasteiger partial charge in [-0.25, -0.2) is 15.0 Å². The van der Waals surface area contributed by atoms with Gasteiger partial charge in [-0.2, -0.15) is 32.1 Å². The summed E-state index contributed by atoms with van der Waals surface area (Å²) in [5.74, 6) is 6.40. The summed E-state index contributed by atoms with van der Waals surface area (Å²) in [6, 6.07) is 36.3. The van der Waals surface area contributed by atoms with E-state index in [-0.39, 0.29) is 5.54 Å². The fourth-order valence-electron chi connectivity index (χ4n) is 12.1. The molecular weight excluding hydrogens is 1340 g/mol. The molecule has 25 nitrogen and oxygen atoms in total. The average Bonchev–Trinajstić information content (AvgIpc) is 1.30. The van der Waals surface area contributed by atoms with Crippen molar-refractivity contribution in [3.63, 3.8) is 0 Å². The van der Waals surface area contributed by atoms with Gasteiger partial charge in [-0.3, -0.25) is 24.3 Å². The Kier molecular flexibility index (Phi) is 20.7. The quantitative estimate of drug-likeness (QED) is 0.0529. The number of aryl methyl sites for hydroxylation is 1. The van der Waals surface area contributed by atoms with E-state index in [1.165, 1.54) is 65.0 Å². The molecule has 3 saturated carbocycles. The van der Waals surface area contributed by atoms with Gasteiger partial charge in [0.2, 0.25) is 0 Å². The lowest BCUT2D eigenvalue weighted by molar-refractivity contribution is 0.355. The standard InChI is InChI=1S/C29H34N6O2.C25H28N6O4S.C24H25N5O2/c1-19(30-4)29(2,3)35-18-21(15-32-35)28-16-31-26-10-9-22(13-27(26)33-28)34(17-20-7-8-20)23-11-24(36-5)14-25(12-23)37-6;1-29(2)36(32,33)31-16-18(13-27-31)25-14-26-23-8-7-19(11-24(23)28-25)30(15-17-5-6-17)20-9-21(34-3)12-22(10-20)35-4;1-28-15-17(12-26-28)21-13-25-19-10-9-18(11-20(19)27-21)29(14-16-7-8-16)22-5-4-6-23(30-2)24(22)31-3/h9-16,18,20,30H,1,7-8,17H2,2-6H3;7-14,16-17H,5-6,15H2,1-4H3;4-6,9-13,15-16H,7-8,14H2,1-3H3. The van der Waals surface area contributed by atoms with Crippen LogP contribution in [-0.4, -0.2) is 155 Å². The molecule has 12 aromatic rings. The lowest BCUT2D eigenvalue weighted by Crippen LogP contribution is -2.34. The molecule has 104 heavy (non-hydrogen) atoms. The van der Waals surface area contributed by atoms with E-state index in [0.717, 1.165) is 152 Å². The Morgan fingerprint density at radius 3 is 1.33 bits per heavy atom. The lowest BCUT2D eigenvalue weighted by Gasteiger charge is -2.27. The number of hydrogen-bond donors (Lipinski definition) is 1. The maximum absolute atomic E-state index is 12.4. The second-order valence-corrected chi connectivity index (χ2v) is 28.9. The first kappa shape index (κ1) is 71.0. The predicted molar refractivity (Wildman–Crippen MR) is 407 cm³/mol. The van der Waals surface area contributed by atoms with Gasteiger partial charge in [0.05, 0.1) is 147 Å². The number of ether oxygens (including phenoxy) is 6. The van der Waals surface area contributed by atoms with Crippen LogP contribution in [0.25, 0.3) is 66.9 Å². The molecule has 0 radical (unpaired) electrons. The molecule has 538 valence electrons. The number of aromatic nitrogens is 12. The Morgan fingerprint density at radius 1 is 0.500 bits per heavy atom. The van der Waals surface area contributed by atoms with Crippen LogP contribution in [0.15, 0.2) is 177 Å². The van der Waals surface area contributed by atoms with Gasteiger partial charge in [0, 0.05) is 147 Å². The number of allylic oxidation sites excluding steroid dienone is 1. The molecule has 0 saturated heterocycles. The van der Waals surface area contributed by atoms with E-state index in [4.69, 9.17) is 48.4 Å².